The van der Waals surface area contributed by atoms with Crippen LogP contribution in [0.2, 0.25) is 0 Å². The number of fused-ring (bicyclic) bond motifs is 1. The summed E-state index contributed by atoms with van der Waals surface area (Å²) in [5.41, 5.74) is 0.710. The van der Waals surface area contributed by atoms with Gasteiger partial charge in [0.2, 0.25) is 6.41 Å². The Morgan fingerprint density at radius 1 is 1.58 bits per heavy atom. The molecule has 0 aliphatic carbocycles. The summed E-state index contributed by atoms with van der Waals surface area (Å²) in [6.45, 7) is 0. The molecule has 0 aliphatic heterocycles. The van der Waals surface area contributed by atoms with Crippen LogP contribution in [0.4, 0.5) is 5.82 Å². The summed E-state index contributed by atoms with van der Waals surface area (Å²) in [5.74, 6) is 0.503. The lowest BCUT2D eigenvalue weighted by atomic mass is 10.6. The predicted molar refractivity (Wildman–Crippen MR) is 42.7 cm³/mol. The summed E-state index contributed by atoms with van der Waals surface area (Å²) in [7, 11) is 0. The normalized spacial score (nSPS) is 10.0. The Morgan fingerprint density at radius 2 is 2.50 bits per heavy atom. The number of anilines is 1. The zero-order chi connectivity index (χ0) is 8.39. The van der Waals surface area contributed by atoms with Crippen molar-refractivity contribution in [1.82, 2.24) is 14.6 Å². The third-order valence-corrected chi connectivity index (χ3v) is 1.44. The number of carbonyl (C=O) groups is 1. The van der Waals surface area contributed by atoms with E-state index in [0.717, 1.165) is 0 Å². The first-order valence-corrected chi connectivity index (χ1v) is 3.41. The van der Waals surface area contributed by atoms with Crippen LogP contribution in [0.1, 0.15) is 0 Å². The third-order valence-electron chi connectivity index (χ3n) is 1.44. The molecule has 2 aromatic rings. The van der Waals surface area contributed by atoms with Gasteiger partial charge in [0.05, 0.1) is 0 Å². The van der Waals surface area contributed by atoms with Gasteiger partial charge in [0.25, 0.3) is 0 Å². The van der Waals surface area contributed by atoms with Crippen LogP contribution >= 0.6 is 0 Å². The van der Waals surface area contributed by atoms with Crippen LogP contribution in [0.25, 0.3) is 5.65 Å². The van der Waals surface area contributed by atoms with E-state index in [9.17, 15) is 4.79 Å². The molecule has 0 unspecified atom stereocenters. The van der Waals surface area contributed by atoms with Gasteiger partial charge in [-0.1, -0.05) is 0 Å². The van der Waals surface area contributed by atoms with Gasteiger partial charge in [0.15, 0.2) is 11.5 Å². The lowest BCUT2D eigenvalue weighted by Gasteiger charge is -1.87. The van der Waals surface area contributed by atoms with Crippen molar-refractivity contribution in [2.75, 3.05) is 5.32 Å². The van der Waals surface area contributed by atoms with Crippen LogP contribution in [0.3, 0.4) is 0 Å². The van der Waals surface area contributed by atoms with Gasteiger partial charge in [-0.25, -0.2) is 9.50 Å². The van der Waals surface area contributed by atoms with E-state index in [-0.39, 0.29) is 0 Å². The second-order valence-electron chi connectivity index (χ2n) is 2.21. The highest BCUT2D eigenvalue weighted by Gasteiger charge is 1.98. The number of amides is 1. The maximum Gasteiger partial charge on any atom is 0.212 e. The van der Waals surface area contributed by atoms with E-state index in [4.69, 9.17) is 0 Å². The summed E-state index contributed by atoms with van der Waals surface area (Å²) < 4.78 is 1.59. The van der Waals surface area contributed by atoms with Gasteiger partial charge in [-0.3, -0.25) is 4.79 Å². The highest BCUT2D eigenvalue weighted by Crippen LogP contribution is 2.05. The molecule has 2 aromatic heterocycles. The number of nitrogens with zero attached hydrogens (tertiary/aromatic N) is 3. The fourth-order valence-corrected chi connectivity index (χ4v) is 0.961. The first-order chi connectivity index (χ1) is 5.90. The lowest BCUT2D eigenvalue weighted by molar-refractivity contribution is -0.105. The molecule has 0 saturated carbocycles. The Hall–Kier alpha value is -1.91. The average Bonchev–Trinajstić information content (AvgIpc) is 2.47. The molecule has 2 heterocycles. The van der Waals surface area contributed by atoms with Crippen LogP contribution in [-0.4, -0.2) is 21.0 Å². The maximum absolute atomic E-state index is 10.1. The van der Waals surface area contributed by atoms with Crippen molar-refractivity contribution in [2.45, 2.75) is 0 Å². The van der Waals surface area contributed by atoms with E-state index in [2.05, 4.69) is 15.4 Å². The standard InChI is InChI=1S/C7H6N4O/c12-5-9-6-4-7-8-2-1-3-11(7)10-6/h1-5H,(H,9,10,12). The second-order valence-corrected chi connectivity index (χ2v) is 2.21. The van der Waals surface area contributed by atoms with E-state index in [1.54, 1.807) is 29.0 Å². The Labute approximate surface area is 68.0 Å². The number of aromatic nitrogens is 3. The van der Waals surface area contributed by atoms with Crippen molar-refractivity contribution in [3.05, 3.63) is 24.5 Å². The van der Waals surface area contributed by atoms with Crippen LogP contribution in [0.5, 0.6) is 0 Å². The largest absolute Gasteiger partial charge is 0.312 e. The van der Waals surface area contributed by atoms with Crippen molar-refractivity contribution >= 4 is 17.9 Å². The molecule has 60 valence electrons. The van der Waals surface area contributed by atoms with E-state index in [0.29, 0.717) is 17.9 Å². The lowest BCUT2D eigenvalue weighted by Crippen LogP contribution is -1.94. The fourth-order valence-electron chi connectivity index (χ4n) is 0.961. The van der Waals surface area contributed by atoms with Crippen LogP contribution < -0.4 is 5.32 Å². The molecule has 0 bridgehead atoms. The molecule has 1 N–H and O–H groups in total. The highest BCUT2D eigenvalue weighted by atomic mass is 16.1. The molecule has 0 spiro atoms. The smallest absolute Gasteiger partial charge is 0.212 e. The zero-order valence-electron chi connectivity index (χ0n) is 6.14. The van der Waals surface area contributed by atoms with Gasteiger partial charge in [-0.15, -0.1) is 5.10 Å². The molecule has 0 fully saturated rings. The summed E-state index contributed by atoms with van der Waals surface area (Å²) in [6, 6.07) is 3.46. The summed E-state index contributed by atoms with van der Waals surface area (Å²) in [6.07, 6.45) is 4.02. The predicted octanol–water partition coefficient (Wildman–Crippen LogP) is 0.298. The topological polar surface area (TPSA) is 59.3 Å². The van der Waals surface area contributed by atoms with Crippen molar-refractivity contribution in [3.63, 3.8) is 0 Å². The number of rotatable bonds is 2. The monoisotopic (exact) mass is 162 g/mol. The van der Waals surface area contributed by atoms with Gasteiger partial charge < -0.3 is 5.32 Å². The molecule has 0 atom stereocenters. The number of hydrogen-bond donors (Lipinski definition) is 1. The van der Waals surface area contributed by atoms with E-state index in [1.165, 1.54) is 0 Å². The van der Waals surface area contributed by atoms with Gasteiger partial charge in [0.1, 0.15) is 0 Å². The minimum absolute atomic E-state index is 0.503. The van der Waals surface area contributed by atoms with Crippen LogP contribution in [-0.2, 0) is 4.79 Å². The highest BCUT2D eigenvalue weighted by molar-refractivity contribution is 5.70. The molecule has 12 heavy (non-hydrogen) atoms. The van der Waals surface area contributed by atoms with Gasteiger partial charge in [-0.2, -0.15) is 0 Å². The van der Waals surface area contributed by atoms with Crippen LogP contribution in [0, 0.1) is 0 Å². The minimum atomic E-state index is 0.503. The summed E-state index contributed by atoms with van der Waals surface area (Å²) >= 11 is 0. The SMILES string of the molecule is O=CNc1cc2ncccn2n1. The van der Waals surface area contributed by atoms with E-state index in [1.807, 2.05) is 0 Å². The van der Waals surface area contributed by atoms with Gasteiger partial charge in [-0.05, 0) is 6.07 Å². The zero-order valence-corrected chi connectivity index (χ0v) is 6.14. The van der Waals surface area contributed by atoms with Gasteiger partial charge >= 0.3 is 0 Å². The molecule has 0 aromatic carbocycles. The average molecular weight is 162 g/mol. The minimum Gasteiger partial charge on any atom is -0.312 e. The van der Waals surface area contributed by atoms with Crippen molar-refractivity contribution in [2.24, 2.45) is 0 Å². The molecule has 1 amide bonds. The molecule has 0 radical (unpaired) electrons. The Morgan fingerprint density at radius 3 is 3.25 bits per heavy atom. The number of nitrogens with one attached hydrogen (secondary N) is 1. The number of carbonyl (C=O) groups excluding carboxylic acids is 1. The fraction of sp³-hybridized carbons (Fsp3) is 0. The molecular weight excluding hydrogens is 156 g/mol. The first-order valence-electron chi connectivity index (χ1n) is 3.41. The van der Waals surface area contributed by atoms with Crippen molar-refractivity contribution in [1.29, 1.82) is 0 Å². The molecule has 5 nitrogen and oxygen atoms in total. The summed E-state index contributed by atoms with van der Waals surface area (Å²) in [4.78, 5) is 14.1. The van der Waals surface area contributed by atoms with Crippen molar-refractivity contribution < 1.29 is 4.79 Å². The van der Waals surface area contributed by atoms with E-state index >= 15 is 0 Å². The second kappa shape index (κ2) is 2.61. The maximum atomic E-state index is 10.1. The third kappa shape index (κ3) is 1.01. The molecular formula is C7H6N4O. The van der Waals surface area contributed by atoms with E-state index < -0.39 is 0 Å². The summed E-state index contributed by atoms with van der Waals surface area (Å²) in [5, 5.41) is 6.46. The van der Waals surface area contributed by atoms with Crippen molar-refractivity contribution in [3.8, 4) is 0 Å². The van der Waals surface area contributed by atoms with Gasteiger partial charge in [0, 0.05) is 18.5 Å². The molecule has 0 saturated heterocycles. The molecule has 2 rings (SSSR count). The number of hydrogen-bond acceptors (Lipinski definition) is 3. The Kier molecular flexibility index (Phi) is 1.48. The Bertz CT molecular complexity index is 375. The molecule has 5 heteroatoms. The first kappa shape index (κ1) is 6.78. The quantitative estimate of drug-likeness (QED) is 0.646. The molecule has 0 aliphatic rings. The van der Waals surface area contributed by atoms with Crippen LogP contribution in [0.15, 0.2) is 24.5 Å². The Balaban J connectivity index is 2.54.